The lowest BCUT2D eigenvalue weighted by Crippen LogP contribution is -2.19. The summed E-state index contributed by atoms with van der Waals surface area (Å²) in [4.78, 5) is 57.6. The van der Waals surface area contributed by atoms with E-state index in [1.807, 2.05) is 0 Å². The van der Waals surface area contributed by atoms with Crippen LogP contribution < -0.4 is 21.5 Å². The monoisotopic (exact) mass is 540 g/mol. The molecule has 200 valence electrons. The molecular weight excluding hydrogens is 520 g/mol. The molecule has 0 aromatic heterocycles. The number of hydrogen-bond acceptors (Lipinski definition) is 9. The molecule has 2 aliphatic carbocycles. The van der Waals surface area contributed by atoms with E-state index in [4.69, 9.17) is 10.2 Å². The second-order valence-corrected chi connectivity index (χ2v) is 8.15. The Bertz CT molecular complexity index is 1460. The van der Waals surface area contributed by atoms with Crippen LogP contribution in [-0.4, -0.2) is 51.2 Å². The van der Waals surface area contributed by atoms with Crippen LogP contribution in [0.15, 0.2) is 106 Å². The van der Waals surface area contributed by atoms with Crippen molar-refractivity contribution in [1.29, 1.82) is 0 Å². The molecule has 0 atom stereocenters. The summed E-state index contributed by atoms with van der Waals surface area (Å²) >= 11 is 0. The lowest BCUT2D eigenvalue weighted by molar-refractivity contribution is -0.135. The number of nitrogens with one attached hydrogen (secondary N) is 4. The first-order valence-corrected chi connectivity index (χ1v) is 11.5. The van der Waals surface area contributed by atoms with E-state index in [-0.39, 0.29) is 22.6 Å². The van der Waals surface area contributed by atoms with Crippen LogP contribution in [0.3, 0.4) is 0 Å². The fraction of sp³-hybridized carbons (Fsp3) is 0. The quantitative estimate of drug-likeness (QED) is 0.165. The number of hydrazone groups is 2. The Balaban J connectivity index is 1.28. The van der Waals surface area contributed by atoms with Gasteiger partial charge in [-0.1, -0.05) is 0 Å². The number of carbonyl (C=O) groups is 5. The van der Waals surface area contributed by atoms with Gasteiger partial charge in [-0.3, -0.25) is 20.4 Å². The van der Waals surface area contributed by atoms with Gasteiger partial charge < -0.3 is 20.8 Å². The third-order valence-electron chi connectivity index (χ3n) is 5.30. The molecule has 40 heavy (non-hydrogen) atoms. The van der Waals surface area contributed by atoms with Crippen LogP contribution in [0.5, 0.6) is 0 Å². The Morgan fingerprint density at radius 3 is 1.25 bits per heavy atom. The Morgan fingerprint density at radius 1 is 0.550 bits per heavy atom. The first-order chi connectivity index (χ1) is 19.2. The molecule has 0 radical (unpaired) electrons. The molecule has 13 heteroatoms. The van der Waals surface area contributed by atoms with Gasteiger partial charge in [0.05, 0.1) is 22.8 Å². The molecule has 2 amide bonds. The number of carboxylic acid groups (broad SMARTS) is 2. The van der Waals surface area contributed by atoms with E-state index in [9.17, 15) is 24.0 Å². The van der Waals surface area contributed by atoms with Gasteiger partial charge in [-0.05, 0) is 85.0 Å². The maximum absolute atomic E-state index is 12.4. The number of rotatable bonds is 8. The first-order valence-electron chi connectivity index (χ1n) is 11.5. The number of nitrogens with zero attached hydrogens (tertiary/aromatic N) is 2. The van der Waals surface area contributed by atoms with Gasteiger partial charge in [0.25, 0.3) is 0 Å². The SMILES string of the molecule is O=C(Nc1ccc(NN=C2C=CC(=O)C(C(=O)O)=C2)cc1)Nc1ccc(NN=C2C=CC(=O)C(C(=O)O)=C2)cc1. The highest BCUT2D eigenvalue weighted by Gasteiger charge is 2.19. The van der Waals surface area contributed by atoms with Gasteiger partial charge in [0, 0.05) is 11.4 Å². The fourth-order valence-electron chi connectivity index (χ4n) is 3.32. The van der Waals surface area contributed by atoms with E-state index in [1.54, 1.807) is 48.5 Å². The lowest BCUT2D eigenvalue weighted by Gasteiger charge is -2.10. The third kappa shape index (κ3) is 7.01. The number of carboxylic acids is 2. The van der Waals surface area contributed by atoms with Gasteiger partial charge in [-0.15, -0.1) is 0 Å². The maximum atomic E-state index is 12.4. The number of carbonyl (C=O) groups excluding carboxylic acids is 3. The van der Waals surface area contributed by atoms with Crippen LogP contribution in [0.2, 0.25) is 0 Å². The van der Waals surface area contributed by atoms with Crippen molar-refractivity contribution in [3.8, 4) is 0 Å². The highest BCUT2D eigenvalue weighted by Crippen LogP contribution is 2.17. The van der Waals surface area contributed by atoms with Crippen molar-refractivity contribution >= 4 is 63.7 Å². The Labute approximate surface area is 226 Å². The van der Waals surface area contributed by atoms with Crippen LogP contribution in [0.4, 0.5) is 27.5 Å². The predicted molar refractivity (Wildman–Crippen MR) is 147 cm³/mol. The zero-order chi connectivity index (χ0) is 28.6. The molecule has 4 rings (SSSR count). The van der Waals surface area contributed by atoms with Gasteiger partial charge in [-0.25, -0.2) is 14.4 Å². The molecule has 6 N–H and O–H groups in total. The van der Waals surface area contributed by atoms with Gasteiger partial charge in [0.2, 0.25) is 0 Å². The molecular formula is C27H20N6O7. The number of anilines is 4. The smallest absolute Gasteiger partial charge is 0.339 e. The molecule has 0 unspecified atom stereocenters. The molecule has 2 aliphatic rings. The molecule has 2 aromatic rings. The molecule has 0 fully saturated rings. The van der Waals surface area contributed by atoms with E-state index in [0.29, 0.717) is 22.7 Å². The number of benzene rings is 2. The summed E-state index contributed by atoms with van der Waals surface area (Å²) in [5.74, 6) is -3.88. The zero-order valence-corrected chi connectivity index (χ0v) is 20.4. The van der Waals surface area contributed by atoms with Crippen molar-refractivity contribution in [3.63, 3.8) is 0 Å². The predicted octanol–water partition coefficient (Wildman–Crippen LogP) is 3.17. The summed E-state index contributed by atoms with van der Waals surface area (Å²) in [7, 11) is 0. The number of allylic oxidation sites excluding steroid dienone is 6. The molecule has 2 aromatic carbocycles. The topological polar surface area (TPSA) is 199 Å². The normalized spacial score (nSPS) is 16.3. The average molecular weight is 540 g/mol. The highest BCUT2D eigenvalue weighted by molar-refractivity contribution is 6.30. The summed E-state index contributed by atoms with van der Waals surface area (Å²) in [6.07, 6.45) is 7.37. The van der Waals surface area contributed by atoms with Crippen LogP contribution in [0, 0.1) is 0 Å². The van der Waals surface area contributed by atoms with Gasteiger partial charge >= 0.3 is 18.0 Å². The van der Waals surface area contributed by atoms with Crippen LogP contribution in [-0.2, 0) is 19.2 Å². The second-order valence-electron chi connectivity index (χ2n) is 8.15. The third-order valence-corrected chi connectivity index (χ3v) is 5.30. The number of urea groups is 1. The summed E-state index contributed by atoms with van der Waals surface area (Å²) < 4.78 is 0. The number of ketones is 2. The van der Waals surface area contributed by atoms with Crippen molar-refractivity contribution in [1.82, 2.24) is 0 Å². The Hall–Kier alpha value is -6.11. The van der Waals surface area contributed by atoms with Crippen LogP contribution in [0.1, 0.15) is 0 Å². The van der Waals surface area contributed by atoms with E-state index < -0.39 is 29.5 Å². The summed E-state index contributed by atoms with van der Waals surface area (Å²) in [6.45, 7) is 0. The van der Waals surface area contributed by atoms with Crippen molar-refractivity contribution in [2.24, 2.45) is 10.2 Å². The standard InChI is InChI=1S/C27H20N6O7/c34-23-11-9-19(13-21(23)25(36)37)32-30-17-5-1-15(2-6-17)28-27(40)29-16-3-7-18(8-4-16)31-33-20-10-12-24(35)22(14-20)26(38)39/h1-14,30-31H,(H,36,37)(H,38,39)(H2,28,29,40). The van der Waals surface area contributed by atoms with Crippen molar-refractivity contribution in [3.05, 3.63) is 96.1 Å². The minimum absolute atomic E-state index is 0.263. The van der Waals surface area contributed by atoms with E-state index in [2.05, 4.69) is 31.7 Å². The molecule has 0 heterocycles. The fourth-order valence-corrected chi connectivity index (χ4v) is 3.32. The first kappa shape index (κ1) is 26.9. The summed E-state index contributed by atoms with van der Waals surface area (Å²) in [6, 6.07) is 12.6. The van der Waals surface area contributed by atoms with E-state index >= 15 is 0 Å². The molecule has 13 nitrogen and oxygen atoms in total. The van der Waals surface area contributed by atoms with Crippen LogP contribution >= 0.6 is 0 Å². The maximum Gasteiger partial charge on any atom is 0.339 e. The number of aliphatic carboxylic acids is 2. The molecule has 0 spiro atoms. The van der Waals surface area contributed by atoms with Crippen molar-refractivity contribution in [2.45, 2.75) is 0 Å². The van der Waals surface area contributed by atoms with Crippen molar-refractivity contribution in [2.75, 3.05) is 21.5 Å². The number of amides is 2. The lowest BCUT2D eigenvalue weighted by atomic mass is 10.0. The summed E-state index contributed by atoms with van der Waals surface area (Å²) in [5.41, 5.74) is 7.38. The van der Waals surface area contributed by atoms with Crippen molar-refractivity contribution < 1.29 is 34.2 Å². The second kappa shape index (κ2) is 12.0. The zero-order valence-electron chi connectivity index (χ0n) is 20.4. The molecule has 0 saturated carbocycles. The minimum Gasteiger partial charge on any atom is -0.478 e. The minimum atomic E-state index is -1.33. The highest BCUT2D eigenvalue weighted by atomic mass is 16.4. The molecule has 0 bridgehead atoms. The average Bonchev–Trinajstić information content (AvgIpc) is 2.93. The molecule has 0 saturated heterocycles. The largest absolute Gasteiger partial charge is 0.478 e. The Morgan fingerprint density at radius 2 is 0.900 bits per heavy atom. The van der Waals surface area contributed by atoms with Crippen LogP contribution in [0.25, 0.3) is 0 Å². The Kier molecular flexibility index (Phi) is 8.05. The van der Waals surface area contributed by atoms with Gasteiger partial charge in [0.15, 0.2) is 11.6 Å². The van der Waals surface area contributed by atoms with E-state index in [1.165, 1.54) is 24.3 Å². The summed E-state index contributed by atoms with van der Waals surface area (Å²) in [5, 5.41) is 31.6. The number of hydrogen-bond donors (Lipinski definition) is 6. The van der Waals surface area contributed by atoms with Gasteiger partial charge in [0.1, 0.15) is 11.1 Å². The van der Waals surface area contributed by atoms with Gasteiger partial charge in [-0.2, -0.15) is 10.2 Å². The van der Waals surface area contributed by atoms with E-state index in [0.717, 1.165) is 12.2 Å². The molecule has 0 aliphatic heterocycles.